The number of hydrogen-bond donors (Lipinski definition) is 1. The Morgan fingerprint density at radius 2 is 1.83 bits per heavy atom. The topological polar surface area (TPSA) is 65.0 Å². The lowest BCUT2D eigenvalue weighted by Crippen LogP contribution is -2.06. The molecule has 18 heavy (non-hydrogen) atoms. The van der Waals surface area contributed by atoms with Gasteiger partial charge in [0.05, 0.1) is 7.11 Å². The Kier molecular flexibility index (Phi) is 5.56. The monoisotopic (exact) mass is 272 g/mol. The second kappa shape index (κ2) is 6.71. The molecule has 0 saturated heterocycles. The van der Waals surface area contributed by atoms with E-state index in [2.05, 4.69) is 0 Å². The van der Waals surface area contributed by atoms with Crippen LogP contribution in [0.15, 0.2) is 30.3 Å². The van der Waals surface area contributed by atoms with E-state index < -0.39 is 13.4 Å². The van der Waals surface area contributed by atoms with Crippen LogP contribution in [0, 0.1) is 0 Å². The highest BCUT2D eigenvalue weighted by Crippen LogP contribution is 2.51. The van der Waals surface area contributed by atoms with Crippen LogP contribution in [0.3, 0.4) is 0 Å². The molecule has 1 unspecified atom stereocenters. The Bertz CT molecular complexity index is 450. The van der Waals surface area contributed by atoms with Crippen molar-refractivity contribution in [3.8, 4) is 5.75 Å². The van der Waals surface area contributed by atoms with Crippen molar-refractivity contribution in [2.24, 2.45) is 0 Å². The van der Waals surface area contributed by atoms with Crippen LogP contribution in [-0.2, 0) is 13.6 Å². The lowest BCUT2D eigenvalue weighted by molar-refractivity contribution is 0.201. The molecule has 5 nitrogen and oxygen atoms in total. The fraction of sp³-hybridized carbons (Fsp3) is 0.333. The van der Waals surface area contributed by atoms with Gasteiger partial charge in [0.15, 0.2) is 5.85 Å². The molecule has 0 saturated carbocycles. The summed E-state index contributed by atoms with van der Waals surface area (Å²) >= 11 is 0. The molecule has 1 aromatic rings. The van der Waals surface area contributed by atoms with Crippen molar-refractivity contribution < 1.29 is 23.5 Å². The first-order chi connectivity index (χ1) is 8.57. The third-order valence-electron chi connectivity index (χ3n) is 2.42. The molecule has 0 spiro atoms. The summed E-state index contributed by atoms with van der Waals surface area (Å²) in [6, 6.07) is 7.27. The Balaban J connectivity index is 2.90. The lowest BCUT2D eigenvalue weighted by atomic mass is 10.2. The van der Waals surface area contributed by atoms with Gasteiger partial charge in [0.25, 0.3) is 0 Å². The van der Waals surface area contributed by atoms with Crippen LogP contribution in [-0.4, -0.2) is 32.3 Å². The van der Waals surface area contributed by atoms with Crippen LogP contribution >= 0.6 is 7.60 Å². The predicted octanol–water partition coefficient (Wildman–Crippen LogP) is 2.51. The maximum Gasteiger partial charge on any atom is 0.362 e. The zero-order valence-corrected chi connectivity index (χ0v) is 11.5. The smallest absolute Gasteiger partial charge is 0.362 e. The second-order valence-corrected chi connectivity index (χ2v) is 5.76. The Morgan fingerprint density at radius 3 is 2.39 bits per heavy atom. The van der Waals surface area contributed by atoms with Gasteiger partial charge < -0.3 is 18.9 Å². The van der Waals surface area contributed by atoms with Crippen LogP contribution < -0.4 is 4.74 Å². The van der Waals surface area contributed by atoms with E-state index in [0.29, 0.717) is 5.75 Å². The van der Waals surface area contributed by atoms with Crippen molar-refractivity contribution in [3.05, 3.63) is 35.9 Å². The molecule has 0 amide bonds. The van der Waals surface area contributed by atoms with Crippen molar-refractivity contribution >= 4 is 13.7 Å². The minimum atomic E-state index is -3.50. The van der Waals surface area contributed by atoms with E-state index in [0.717, 1.165) is 5.56 Å². The van der Waals surface area contributed by atoms with Gasteiger partial charge in [-0.1, -0.05) is 24.3 Å². The number of methoxy groups -OCH3 is 1. The number of ether oxygens (including phenoxy) is 1. The third-order valence-corrected chi connectivity index (χ3v) is 4.26. The molecule has 0 radical (unpaired) electrons. The number of rotatable bonds is 6. The van der Waals surface area contributed by atoms with Crippen molar-refractivity contribution in [2.75, 3.05) is 21.3 Å². The van der Waals surface area contributed by atoms with E-state index >= 15 is 0 Å². The summed E-state index contributed by atoms with van der Waals surface area (Å²) in [4.78, 5) is 0. The minimum Gasteiger partial charge on any atom is -0.496 e. The van der Waals surface area contributed by atoms with E-state index in [-0.39, 0.29) is 0 Å². The molecule has 0 aliphatic heterocycles. The summed E-state index contributed by atoms with van der Waals surface area (Å²) in [5.41, 5.74) is 0.762. The number of para-hydroxylation sites is 1. The molecular formula is C12H17O5P. The Hall–Kier alpha value is -1.13. The molecule has 0 aliphatic carbocycles. The maximum atomic E-state index is 11.8. The van der Waals surface area contributed by atoms with Gasteiger partial charge in [-0.3, -0.25) is 4.57 Å². The summed E-state index contributed by atoms with van der Waals surface area (Å²) in [6.07, 6.45) is 2.96. The Morgan fingerprint density at radius 1 is 1.22 bits per heavy atom. The zero-order valence-electron chi connectivity index (χ0n) is 10.6. The summed E-state index contributed by atoms with van der Waals surface area (Å²) < 4.78 is 26.4. The van der Waals surface area contributed by atoms with E-state index in [1.807, 2.05) is 18.2 Å². The van der Waals surface area contributed by atoms with Crippen molar-refractivity contribution in [3.63, 3.8) is 0 Å². The first-order valence-electron chi connectivity index (χ1n) is 5.28. The maximum absolute atomic E-state index is 11.8. The molecule has 0 aromatic heterocycles. The normalized spacial score (nSPS) is 13.8. The summed E-state index contributed by atoms with van der Waals surface area (Å²) in [5, 5.41) is 9.75. The first-order valence-corrected chi connectivity index (χ1v) is 6.89. The molecular weight excluding hydrogens is 255 g/mol. The highest BCUT2D eigenvalue weighted by Gasteiger charge is 2.29. The zero-order chi connectivity index (χ0) is 13.6. The van der Waals surface area contributed by atoms with Crippen LogP contribution in [0.25, 0.3) is 6.08 Å². The van der Waals surface area contributed by atoms with Gasteiger partial charge in [0.2, 0.25) is 0 Å². The highest BCUT2D eigenvalue weighted by molar-refractivity contribution is 7.54. The second-order valence-electron chi connectivity index (χ2n) is 3.42. The van der Waals surface area contributed by atoms with Gasteiger partial charge in [0.1, 0.15) is 5.75 Å². The van der Waals surface area contributed by atoms with Crippen LogP contribution in [0.5, 0.6) is 5.75 Å². The van der Waals surface area contributed by atoms with Crippen molar-refractivity contribution in [2.45, 2.75) is 5.85 Å². The van der Waals surface area contributed by atoms with Gasteiger partial charge in [-0.25, -0.2) is 0 Å². The van der Waals surface area contributed by atoms with Crippen molar-refractivity contribution in [1.82, 2.24) is 0 Å². The average molecular weight is 272 g/mol. The van der Waals surface area contributed by atoms with E-state index in [4.69, 9.17) is 13.8 Å². The minimum absolute atomic E-state index is 0.658. The van der Waals surface area contributed by atoms with Gasteiger partial charge in [-0.2, -0.15) is 0 Å². The summed E-state index contributed by atoms with van der Waals surface area (Å²) in [6.45, 7) is 0. The molecule has 6 heteroatoms. The van der Waals surface area contributed by atoms with Crippen LogP contribution in [0.4, 0.5) is 0 Å². The third kappa shape index (κ3) is 3.43. The van der Waals surface area contributed by atoms with Gasteiger partial charge in [-0.15, -0.1) is 0 Å². The molecule has 0 aliphatic rings. The van der Waals surface area contributed by atoms with Crippen LogP contribution in [0.1, 0.15) is 5.56 Å². The number of benzene rings is 1. The van der Waals surface area contributed by atoms with Gasteiger partial charge >= 0.3 is 7.60 Å². The average Bonchev–Trinajstić information content (AvgIpc) is 2.43. The van der Waals surface area contributed by atoms with E-state index in [9.17, 15) is 9.67 Å². The van der Waals surface area contributed by atoms with Crippen molar-refractivity contribution in [1.29, 1.82) is 0 Å². The molecule has 1 N–H and O–H groups in total. The van der Waals surface area contributed by atoms with Crippen LogP contribution in [0.2, 0.25) is 0 Å². The quantitative estimate of drug-likeness (QED) is 0.806. The predicted molar refractivity (Wildman–Crippen MR) is 69.7 cm³/mol. The molecule has 1 rings (SSSR count). The number of aliphatic hydroxyl groups excluding tert-OH is 1. The molecule has 100 valence electrons. The molecule has 1 atom stereocenters. The largest absolute Gasteiger partial charge is 0.496 e. The summed E-state index contributed by atoms with van der Waals surface area (Å²) in [7, 11) is 0.502. The SMILES string of the molecule is COc1ccccc1/C=C/C(O)P(=O)(OC)OC. The fourth-order valence-corrected chi connectivity index (χ4v) is 2.27. The van der Waals surface area contributed by atoms with E-state index in [1.54, 1.807) is 19.3 Å². The van der Waals surface area contributed by atoms with Gasteiger partial charge in [0, 0.05) is 19.8 Å². The fourth-order valence-electron chi connectivity index (χ4n) is 1.39. The lowest BCUT2D eigenvalue weighted by Gasteiger charge is -2.16. The highest BCUT2D eigenvalue weighted by atomic mass is 31.2. The molecule has 0 fully saturated rings. The number of aliphatic hydroxyl groups is 1. The molecule has 0 heterocycles. The summed E-state index contributed by atoms with van der Waals surface area (Å²) in [5.74, 6) is -0.664. The van der Waals surface area contributed by atoms with E-state index in [1.165, 1.54) is 20.3 Å². The Labute approximate surface area is 107 Å². The molecule has 0 bridgehead atoms. The van der Waals surface area contributed by atoms with Gasteiger partial charge in [-0.05, 0) is 12.1 Å². The standard InChI is InChI=1S/C12H17O5P/c1-15-11-7-5-4-6-10(11)8-9-12(13)18(14,16-2)17-3/h4-9,12-13H,1-3H3/b9-8+. The number of hydrogen-bond acceptors (Lipinski definition) is 5. The molecule has 1 aromatic carbocycles. The first kappa shape index (κ1) is 14.9.